The highest BCUT2D eigenvalue weighted by atomic mass is 28.3. The van der Waals surface area contributed by atoms with Crippen LogP contribution in [0.2, 0.25) is 18.1 Å². The number of hydrogen-bond donors (Lipinski definition) is 1. The quantitative estimate of drug-likeness (QED) is 0.222. The van der Waals surface area contributed by atoms with Crippen LogP contribution in [0.25, 0.3) is 43.1 Å². The van der Waals surface area contributed by atoms with Crippen molar-refractivity contribution in [2.45, 2.75) is 38.9 Å². The van der Waals surface area contributed by atoms with Crippen LogP contribution in [0.4, 0.5) is 0 Å². The molecule has 0 spiro atoms. The van der Waals surface area contributed by atoms with Gasteiger partial charge < -0.3 is 5.11 Å². The van der Waals surface area contributed by atoms with E-state index in [1.165, 1.54) is 42.9 Å². The van der Waals surface area contributed by atoms with E-state index >= 15 is 0 Å². The van der Waals surface area contributed by atoms with Gasteiger partial charge in [0.15, 0.2) is 0 Å². The molecular formula is C28H28OSi. The van der Waals surface area contributed by atoms with Crippen LogP contribution >= 0.6 is 0 Å². The lowest BCUT2D eigenvalue weighted by Gasteiger charge is -2.38. The maximum atomic E-state index is 10.2. The maximum Gasteiger partial charge on any atom is 0.116 e. The molecule has 150 valence electrons. The van der Waals surface area contributed by atoms with Crippen molar-refractivity contribution in [1.29, 1.82) is 0 Å². The van der Waals surface area contributed by atoms with E-state index < -0.39 is 8.07 Å². The average Bonchev–Trinajstić information content (AvgIpc) is 2.71. The molecule has 5 aromatic carbocycles. The van der Waals surface area contributed by atoms with Crippen molar-refractivity contribution in [2.24, 2.45) is 0 Å². The molecule has 0 saturated heterocycles. The Morgan fingerprint density at radius 2 is 1.27 bits per heavy atom. The van der Waals surface area contributed by atoms with E-state index in [0.717, 1.165) is 5.39 Å². The molecule has 0 radical (unpaired) electrons. The summed E-state index contributed by atoms with van der Waals surface area (Å²) in [6, 6.07) is 25.9. The zero-order chi connectivity index (χ0) is 21.3. The molecule has 0 saturated carbocycles. The molecule has 0 atom stereocenters. The average molecular weight is 409 g/mol. The second kappa shape index (κ2) is 6.33. The van der Waals surface area contributed by atoms with Crippen LogP contribution in [-0.4, -0.2) is 13.2 Å². The van der Waals surface area contributed by atoms with Crippen molar-refractivity contribution < 1.29 is 5.11 Å². The third-order valence-electron chi connectivity index (χ3n) is 7.37. The standard InChI is InChI=1S/C28H28OSi/c1-28(2,3)30(4,5)26-16-19-10-12-20(29)17-25(19)24-15-14-22-21-9-7-6-8-18(21)11-13-23(22)27(24)26/h6-17,29H,1-5H3. The maximum absolute atomic E-state index is 10.2. The van der Waals surface area contributed by atoms with E-state index in [1.54, 1.807) is 6.07 Å². The van der Waals surface area contributed by atoms with Gasteiger partial charge in [-0.25, -0.2) is 0 Å². The second-order valence-corrected chi connectivity index (χ2v) is 15.4. The van der Waals surface area contributed by atoms with Gasteiger partial charge in [-0.05, 0) is 60.3 Å². The van der Waals surface area contributed by atoms with Gasteiger partial charge in [-0.3, -0.25) is 0 Å². The summed E-state index contributed by atoms with van der Waals surface area (Å²) < 4.78 is 0. The molecule has 0 unspecified atom stereocenters. The van der Waals surface area contributed by atoms with E-state index in [0.29, 0.717) is 5.75 Å². The van der Waals surface area contributed by atoms with Gasteiger partial charge in [-0.1, -0.05) is 99.7 Å². The minimum Gasteiger partial charge on any atom is -0.508 e. The molecule has 1 N–H and O–H groups in total. The van der Waals surface area contributed by atoms with Crippen LogP contribution in [0.15, 0.2) is 72.8 Å². The Balaban J connectivity index is 2.06. The highest BCUT2D eigenvalue weighted by Crippen LogP contribution is 2.41. The first-order valence-corrected chi connectivity index (χ1v) is 13.7. The number of benzene rings is 5. The van der Waals surface area contributed by atoms with E-state index in [-0.39, 0.29) is 5.04 Å². The van der Waals surface area contributed by atoms with E-state index in [2.05, 4.69) is 94.5 Å². The van der Waals surface area contributed by atoms with Crippen LogP contribution in [0, 0.1) is 0 Å². The van der Waals surface area contributed by atoms with Gasteiger partial charge in [-0.2, -0.15) is 0 Å². The van der Waals surface area contributed by atoms with Crippen molar-refractivity contribution in [3.63, 3.8) is 0 Å². The summed E-state index contributed by atoms with van der Waals surface area (Å²) in [5.74, 6) is 0.322. The predicted molar refractivity (Wildman–Crippen MR) is 135 cm³/mol. The molecule has 0 heterocycles. The molecule has 5 rings (SSSR count). The molecule has 30 heavy (non-hydrogen) atoms. The van der Waals surface area contributed by atoms with Crippen molar-refractivity contribution >= 4 is 56.4 Å². The van der Waals surface area contributed by atoms with Gasteiger partial charge in [0, 0.05) is 0 Å². The topological polar surface area (TPSA) is 20.2 Å². The fraction of sp³-hybridized carbons (Fsp3) is 0.214. The number of phenolic OH excluding ortho intramolecular Hbond substituents is 1. The van der Waals surface area contributed by atoms with E-state index in [4.69, 9.17) is 0 Å². The van der Waals surface area contributed by atoms with Gasteiger partial charge in [0.25, 0.3) is 0 Å². The Bertz CT molecular complexity index is 1450. The first-order chi connectivity index (χ1) is 14.2. The minimum atomic E-state index is -1.82. The molecule has 0 fully saturated rings. The molecule has 0 aromatic heterocycles. The number of aromatic hydroxyl groups is 1. The van der Waals surface area contributed by atoms with Crippen LogP contribution < -0.4 is 5.19 Å². The molecule has 2 heteroatoms. The molecule has 1 nitrogen and oxygen atoms in total. The first-order valence-electron chi connectivity index (χ1n) is 10.7. The zero-order valence-corrected chi connectivity index (χ0v) is 19.4. The van der Waals surface area contributed by atoms with Crippen molar-refractivity contribution in [1.82, 2.24) is 0 Å². The zero-order valence-electron chi connectivity index (χ0n) is 18.4. The van der Waals surface area contributed by atoms with Crippen molar-refractivity contribution in [3.05, 3.63) is 72.8 Å². The van der Waals surface area contributed by atoms with Gasteiger partial charge in [0.2, 0.25) is 0 Å². The molecule has 0 amide bonds. The third kappa shape index (κ3) is 2.67. The molecule has 0 aliphatic carbocycles. The van der Waals surface area contributed by atoms with Gasteiger partial charge in [-0.15, -0.1) is 0 Å². The number of rotatable bonds is 1. The summed E-state index contributed by atoms with van der Waals surface area (Å²) in [5.41, 5.74) is 0. The lowest BCUT2D eigenvalue weighted by Crippen LogP contribution is -2.49. The van der Waals surface area contributed by atoms with Crippen LogP contribution in [0.5, 0.6) is 5.75 Å². The fourth-order valence-corrected chi connectivity index (χ4v) is 6.85. The summed E-state index contributed by atoms with van der Waals surface area (Å²) in [5, 5.41) is 22.1. The summed E-state index contributed by atoms with van der Waals surface area (Å²) >= 11 is 0. The SMILES string of the molecule is CC(C)(C)[Si](C)(C)c1cc2ccc(O)cc2c2ccc3c4ccccc4ccc3c12. The second-order valence-electron chi connectivity index (χ2n) is 10.1. The molecule has 0 bridgehead atoms. The Labute approximate surface area is 179 Å². The summed E-state index contributed by atoms with van der Waals surface area (Å²) in [6.45, 7) is 12.1. The smallest absolute Gasteiger partial charge is 0.116 e. The highest BCUT2D eigenvalue weighted by Gasteiger charge is 2.38. The molecule has 0 aliphatic rings. The highest BCUT2D eigenvalue weighted by molar-refractivity contribution is 6.94. The van der Waals surface area contributed by atoms with Crippen LogP contribution in [-0.2, 0) is 0 Å². The molecule has 5 aromatic rings. The lowest BCUT2D eigenvalue weighted by atomic mass is 9.94. The third-order valence-corrected chi connectivity index (χ3v) is 12.9. The van der Waals surface area contributed by atoms with Crippen LogP contribution in [0.1, 0.15) is 20.8 Å². The van der Waals surface area contributed by atoms with Gasteiger partial charge in [0.1, 0.15) is 5.75 Å². The molecule has 0 aliphatic heterocycles. The fourth-order valence-electron chi connectivity index (χ4n) is 4.63. The number of hydrogen-bond acceptors (Lipinski definition) is 1. The Kier molecular flexibility index (Phi) is 4.04. The van der Waals surface area contributed by atoms with Gasteiger partial charge in [0.05, 0.1) is 8.07 Å². The summed E-state index contributed by atoms with van der Waals surface area (Å²) in [4.78, 5) is 0. The number of phenols is 1. The Morgan fingerprint density at radius 1 is 0.633 bits per heavy atom. The van der Waals surface area contributed by atoms with Crippen LogP contribution in [0.3, 0.4) is 0 Å². The van der Waals surface area contributed by atoms with Crippen molar-refractivity contribution in [2.75, 3.05) is 0 Å². The lowest BCUT2D eigenvalue weighted by molar-refractivity contribution is 0.476. The van der Waals surface area contributed by atoms with Gasteiger partial charge >= 0.3 is 0 Å². The Hall–Kier alpha value is -2.84. The van der Waals surface area contributed by atoms with Crippen molar-refractivity contribution in [3.8, 4) is 5.75 Å². The monoisotopic (exact) mass is 408 g/mol. The van der Waals surface area contributed by atoms with E-state index in [9.17, 15) is 5.11 Å². The van der Waals surface area contributed by atoms with E-state index in [1.807, 2.05) is 6.07 Å². The first kappa shape index (κ1) is 19.1. The minimum absolute atomic E-state index is 0.226. The molecular weight excluding hydrogens is 380 g/mol. The predicted octanol–water partition coefficient (Wildman–Crippen LogP) is 7.72. The number of fused-ring (bicyclic) bond motifs is 7. The Morgan fingerprint density at radius 3 is 2.03 bits per heavy atom. The summed E-state index contributed by atoms with van der Waals surface area (Å²) in [6.07, 6.45) is 0. The largest absolute Gasteiger partial charge is 0.508 e. The normalized spacial score (nSPS) is 13.0. The summed E-state index contributed by atoms with van der Waals surface area (Å²) in [7, 11) is -1.82.